The van der Waals surface area contributed by atoms with Gasteiger partial charge in [0.15, 0.2) is 10.9 Å². The Morgan fingerprint density at radius 2 is 1.61 bits per heavy atom. The zero-order chi connectivity index (χ0) is 25.7. The fraction of sp³-hybridized carbons (Fsp3) is 0.333. The fourth-order valence-electron chi connectivity index (χ4n) is 4.27. The second-order valence-electron chi connectivity index (χ2n) is 10.2. The van der Waals surface area contributed by atoms with Gasteiger partial charge < -0.3 is 20.3 Å². The molecule has 1 fully saturated rings. The highest BCUT2D eigenvalue weighted by Crippen LogP contribution is 2.24. The van der Waals surface area contributed by atoms with E-state index in [4.69, 9.17) is 17.0 Å². The Balaban J connectivity index is 1.36. The van der Waals surface area contributed by atoms with Crippen LogP contribution in [0.2, 0.25) is 0 Å². The first-order valence-electron chi connectivity index (χ1n) is 12.5. The summed E-state index contributed by atoms with van der Waals surface area (Å²) in [6.07, 6.45) is 0. The molecular weight excluding hydrogens is 466 g/mol. The summed E-state index contributed by atoms with van der Waals surface area (Å²) in [4.78, 5) is 15.4. The first-order valence-corrected chi connectivity index (χ1v) is 12.9. The third-order valence-electron chi connectivity index (χ3n) is 6.51. The van der Waals surface area contributed by atoms with Crippen molar-refractivity contribution in [1.29, 1.82) is 0 Å². The molecule has 0 bridgehead atoms. The number of nitrogens with one attached hydrogen (secondary N) is 2. The number of hydrogen-bond donors (Lipinski definition) is 2. The highest BCUT2D eigenvalue weighted by molar-refractivity contribution is 7.80. The number of ketones is 1. The number of carbonyl (C=O) groups is 1. The van der Waals surface area contributed by atoms with Crippen LogP contribution in [-0.4, -0.2) is 37.2 Å². The number of nitrogens with zero attached hydrogens (tertiary/aromatic N) is 1. The Morgan fingerprint density at radius 3 is 2.25 bits per heavy atom. The Bertz CT molecular complexity index is 1190. The molecule has 1 atom stereocenters. The quantitative estimate of drug-likeness (QED) is 0.314. The fourth-order valence-corrected chi connectivity index (χ4v) is 4.56. The van der Waals surface area contributed by atoms with Crippen molar-refractivity contribution < 1.29 is 9.53 Å². The molecule has 0 radical (unpaired) electrons. The SMILES string of the molecule is C[C@@H](NC(=S)Nc1cccc(C(=O)c2ccc(C(C)(C)C)cc2)c1)c1ccc(N2CCOCC2)cc1. The highest BCUT2D eigenvalue weighted by Gasteiger charge is 2.16. The number of carbonyl (C=O) groups excluding carboxylic acids is 1. The molecule has 6 heteroatoms. The van der Waals surface area contributed by atoms with Gasteiger partial charge in [0.1, 0.15) is 0 Å². The molecule has 4 rings (SSSR count). The number of anilines is 2. The zero-order valence-corrected chi connectivity index (χ0v) is 22.3. The van der Waals surface area contributed by atoms with Gasteiger partial charge >= 0.3 is 0 Å². The first-order chi connectivity index (χ1) is 17.2. The van der Waals surface area contributed by atoms with Gasteiger partial charge in [-0.05, 0) is 59.9 Å². The van der Waals surface area contributed by atoms with Gasteiger partial charge in [0.25, 0.3) is 0 Å². The summed E-state index contributed by atoms with van der Waals surface area (Å²) >= 11 is 5.56. The molecule has 1 aliphatic rings. The molecule has 36 heavy (non-hydrogen) atoms. The topological polar surface area (TPSA) is 53.6 Å². The summed E-state index contributed by atoms with van der Waals surface area (Å²) in [7, 11) is 0. The Kier molecular flexibility index (Phi) is 8.07. The normalized spacial score (nSPS) is 14.7. The third kappa shape index (κ3) is 6.50. The minimum Gasteiger partial charge on any atom is -0.378 e. The van der Waals surface area contributed by atoms with E-state index in [9.17, 15) is 4.79 Å². The van der Waals surface area contributed by atoms with Crippen LogP contribution in [0.3, 0.4) is 0 Å². The molecule has 0 amide bonds. The summed E-state index contributed by atoms with van der Waals surface area (Å²) < 4.78 is 5.44. The summed E-state index contributed by atoms with van der Waals surface area (Å²) in [6, 6.07) is 23.9. The molecule has 1 saturated heterocycles. The van der Waals surface area contributed by atoms with E-state index in [0.29, 0.717) is 16.2 Å². The van der Waals surface area contributed by atoms with E-state index in [1.54, 1.807) is 0 Å². The molecular formula is C30H35N3O2S. The molecule has 0 aliphatic carbocycles. The van der Waals surface area contributed by atoms with Crippen molar-refractivity contribution in [2.75, 3.05) is 36.5 Å². The van der Waals surface area contributed by atoms with Crippen molar-refractivity contribution in [2.45, 2.75) is 39.2 Å². The van der Waals surface area contributed by atoms with Crippen LogP contribution in [0.15, 0.2) is 72.8 Å². The van der Waals surface area contributed by atoms with Crippen LogP contribution in [0.5, 0.6) is 0 Å². The lowest BCUT2D eigenvalue weighted by Crippen LogP contribution is -2.36. The average molecular weight is 502 g/mol. The van der Waals surface area contributed by atoms with Crippen molar-refractivity contribution in [1.82, 2.24) is 5.32 Å². The van der Waals surface area contributed by atoms with E-state index >= 15 is 0 Å². The first kappa shape index (κ1) is 25.9. The van der Waals surface area contributed by atoms with Crippen molar-refractivity contribution in [3.8, 4) is 0 Å². The van der Waals surface area contributed by atoms with Crippen LogP contribution in [-0.2, 0) is 10.2 Å². The number of rotatable bonds is 6. The van der Waals surface area contributed by atoms with Gasteiger partial charge in [0.2, 0.25) is 0 Å². The van der Waals surface area contributed by atoms with Gasteiger partial charge in [0.05, 0.1) is 19.3 Å². The lowest BCUT2D eigenvalue weighted by Gasteiger charge is -2.29. The van der Waals surface area contributed by atoms with Crippen LogP contribution in [0.4, 0.5) is 11.4 Å². The predicted molar refractivity (Wildman–Crippen MR) is 152 cm³/mol. The summed E-state index contributed by atoms with van der Waals surface area (Å²) in [6.45, 7) is 12.0. The summed E-state index contributed by atoms with van der Waals surface area (Å²) in [5.74, 6) is -0.00767. The van der Waals surface area contributed by atoms with Gasteiger partial charge in [-0.3, -0.25) is 4.79 Å². The molecule has 1 heterocycles. The van der Waals surface area contributed by atoms with Crippen molar-refractivity contribution in [2.24, 2.45) is 0 Å². The lowest BCUT2D eigenvalue weighted by molar-refractivity contribution is 0.103. The zero-order valence-electron chi connectivity index (χ0n) is 21.5. The molecule has 3 aromatic rings. The second-order valence-corrected chi connectivity index (χ2v) is 10.7. The number of morpholine rings is 1. The number of hydrogen-bond acceptors (Lipinski definition) is 4. The lowest BCUT2D eigenvalue weighted by atomic mass is 9.86. The molecule has 2 N–H and O–H groups in total. The molecule has 3 aromatic carbocycles. The molecule has 1 aliphatic heterocycles. The predicted octanol–water partition coefficient (Wildman–Crippen LogP) is 6.10. The molecule has 0 aromatic heterocycles. The maximum absolute atomic E-state index is 13.1. The second kappa shape index (κ2) is 11.2. The Labute approximate surface area is 219 Å². The van der Waals surface area contributed by atoms with Crippen molar-refractivity contribution in [3.05, 3.63) is 95.1 Å². The van der Waals surface area contributed by atoms with Crippen LogP contribution in [0.1, 0.15) is 60.8 Å². The van der Waals surface area contributed by atoms with Gasteiger partial charge in [-0.2, -0.15) is 0 Å². The average Bonchev–Trinajstić information content (AvgIpc) is 2.88. The number of benzene rings is 3. The minimum atomic E-state index is -0.00767. The molecule has 5 nitrogen and oxygen atoms in total. The summed E-state index contributed by atoms with van der Waals surface area (Å²) in [5, 5.41) is 7.09. The highest BCUT2D eigenvalue weighted by atomic mass is 32.1. The van der Waals surface area contributed by atoms with Crippen LogP contribution < -0.4 is 15.5 Å². The van der Waals surface area contributed by atoms with E-state index < -0.39 is 0 Å². The van der Waals surface area contributed by atoms with Crippen molar-refractivity contribution in [3.63, 3.8) is 0 Å². The third-order valence-corrected chi connectivity index (χ3v) is 6.73. The molecule has 0 unspecified atom stereocenters. The standard InChI is InChI=1S/C30H35N3O2S/c1-21(22-10-14-27(15-11-22)33-16-18-35-19-17-33)31-29(36)32-26-7-5-6-24(20-26)28(34)23-8-12-25(13-9-23)30(2,3)4/h5-15,20-21H,16-19H2,1-4H3,(H2,31,32,36)/t21-/m1/s1. The van der Waals surface area contributed by atoms with Gasteiger partial charge in [-0.25, -0.2) is 0 Å². The molecule has 0 saturated carbocycles. The number of ether oxygens (including phenoxy) is 1. The summed E-state index contributed by atoms with van der Waals surface area (Å²) in [5.41, 5.74) is 5.70. The minimum absolute atomic E-state index is 0.00767. The maximum atomic E-state index is 13.1. The van der Waals surface area contributed by atoms with E-state index in [0.717, 1.165) is 37.6 Å². The van der Waals surface area contributed by atoms with Crippen LogP contribution >= 0.6 is 12.2 Å². The van der Waals surface area contributed by atoms with E-state index in [2.05, 4.69) is 67.5 Å². The van der Waals surface area contributed by atoms with Crippen LogP contribution in [0, 0.1) is 0 Å². The van der Waals surface area contributed by atoms with Gasteiger partial charge in [-0.1, -0.05) is 69.3 Å². The largest absolute Gasteiger partial charge is 0.378 e. The smallest absolute Gasteiger partial charge is 0.193 e. The molecule has 188 valence electrons. The van der Waals surface area contributed by atoms with E-state index in [1.807, 2.05) is 48.5 Å². The van der Waals surface area contributed by atoms with Gasteiger partial charge in [-0.15, -0.1) is 0 Å². The van der Waals surface area contributed by atoms with Crippen molar-refractivity contribution >= 4 is 34.5 Å². The van der Waals surface area contributed by atoms with Gasteiger partial charge in [0, 0.05) is 35.6 Å². The Hall–Kier alpha value is -3.22. The number of thiocarbonyl (C=S) groups is 1. The van der Waals surface area contributed by atoms with E-state index in [1.165, 1.54) is 11.3 Å². The van der Waals surface area contributed by atoms with E-state index in [-0.39, 0.29) is 17.2 Å². The maximum Gasteiger partial charge on any atom is 0.193 e. The Morgan fingerprint density at radius 1 is 0.944 bits per heavy atom. The molecule has 0 spiro atoms. The van der Waals surface area contributed by atoms with Crippen LogP contribution in [0.25, 0.3) is 0 Å². The monoisotopic (exact) mass is 501 g/mol.